The molecule has 7 rings (SSSR count). The van der Waals surface area contributed by atoms with Gasteiger partial charge < -0.3 is 4.74 Å². The summed E-state index contributed by atoms with van der Waals surface area (Å²) in [7, 11) is 0. The molecule has 0 saturated heterocycles. The van der Waals surface area contributed by atoms with Gasteiger partial charge in [0.1, 0.15) is 27.3 Å². The first-order valence-corrected chi connectivity index (χ1v) is 12.7. The number of hydrogen-bond acceptors (Lipinski definition) is 7. The highest BCUT2D eigenvalue weighted by Crippen LogP contribution is 2.35. The summed E-state index contributed by atoms with van der Waals surface area (Å²) < 4.78 is 10.4. The molecule has 0 spiro atoms. The minimum absolute atomic E-state index is 0.282. The Morgan fingerprint density at radius 2 is 1.70 bits per heavy atom. The zero-order valence-electron chi connectivity index (χ0n) is 20.2. The summed E-state index contributed by atoms with van der Waals surface area (Å²) in [6.07, 6.45) is 3.57. The third-order valence-electron chi connectivity index (χ3n) is 6.29. The summed E-state index contributed by atoms with van der Waals surface area (Å²) in [6.45, 7) is 4.38. The van der Waals surface area contributed by atoms with Crippen LogP contribution in [0.3, 0.4) is 0 Å². The van der Waals surface area contributed by atoms with E-state index in [9.17, 15) is 0 Å². The van der Waals surface area contributed by atoms with Crippen LogP contribution in [0.25, 0.3) is 48.7 Å². The topological polar surface area (TPSA) is 83.0 Å². The molecule has 5 heterocycles. The molecule has 0 saturated carbocycles. The second kappa shape index (κ2) is 8.49. The fourth-order valence-corrected chi connectivity index (χ4v) is 5.77. The first-order valence-electron chi connectivity index (χ1n) is 11.9. The van der Waals surface area contributed by atoms with Crippen LogP contribution in [0.15, 0.2) is 79.3 Å². The van der Waals surface area contributed by atoms with Gasteiger partial charge in [0.2, 0.25) is 5.82 Å². The third-order valence-corrected chi connectivity index (χ3v) is 7.36. The molecule has 37 heavy (non-hydrogen) atoms. The number of benzene rings is 2. The van der Waals surface area contributed by atoms with E-state index in [1.165, 1.54) is 11.1 Å². The number of rotatable bonds is 5. The van der Waals surface area contributed by atoms with Crippen molar-refractivity contribution in [2.75, 3.05) is 0 Å². The minimum Gasteiger partial charge on any atom is -0.471 e. The SMILES string of the molecule is Cc1cc(C)c2c(n1)sc1c2ncn2nc(-c3ccn(COc4ccc(-c5ccccc5)cc4)n3)nc12. The number of ether oxygens (including phenoxy) is 1. The summed E-state index contributed by atoms with van der Waals surface area (Å²) in [5.74, 6) is 1.32. The standard InChI is InChI=1S/C28H21N7OS/c1-17-14-18(2)30-28-23(17)24-25(37-28)27-31-26(33-35(27)15-29-24)22-12-13-34(32-22)16-36-21-10-8-20(9-11-21)19-6-4-3-5-7-19/h3-15H,16H2,1-2H3. The van der Waals surface area contributed by atoms with Crippen LogP contribution in [0.2, 0.25) is 0 Å². The predicted octanol–water partition coefficient (Wildman–Crippen LogP) is 6.07. The van der Waals surface area contributed by atoms with Crippen LogP contribution in [0.4, 0.5) is 0 Å². The number of thiophene rings is 1. The Morgan fingerprint density at radius 3 is 2.54 bits per heavy atom. The van der Waals surface area contributed by atoms with Crippen molar-refractivity contribution < 1.29 is 4.74 Å². The summed E-state index contributed by atoms with van der Waals surface area (Å²) in [5, 5.41) is 10.3. The molecule has 0 fully saturated rings. The van der Waals surface area contributed by atoms with Crippen molar-refractivity contribution in [2.45, 2.75) is 20.6 Å². The lowest BCUT2D eigenvalue weighted by molar-refractivity contribution is 0.221. The highest BCUT2D eigenvalue weighted by atomic mass is 32.1. The molecule has 0 aliphatic heterocycles. The number of pyridine rings is 1. The molecule has 0 aliphatic rings. The van der Waals surface area contributed by atoms with Gasteiger partial charge in [-0.1, -0.05) is 42.5 Å². The highest BCUT2D eigenvalue weighted by Gasteiger charge is 2.17. The number of nitrogens with zero attached hydrogens (tertiary/aromatic N) is 7. The molecule has 9 heteroatoms. The van der Waals surface area contributed by atoms with E-state index < -0.39 is 0 Å². The zero-order chi connectivity index (χ0) is 24.9. The molecule has 180 valence electrons. The smallest absolute Gasteiger partial charge is 0.202 e. The van der Waals surface area contributed by atoms with E-state index in [1.807, 2.05) is 49.5 Å². The van der Waals surface area contributed by atoms with Crippen molar-refractivity contribution >= 4 is 37.4 Å². The first-order chi connectivity index (χ1) is 18.1. The predicted molar refractivity (Wildman–Crippen MR) is 145 cm³/mol. The molecule has 0 aliphatic carbocycles. The number of fused-ring (bicyclic) bond motifs is 5. The fourth-order valence-electron chi connectivity index (χ4n) is 4.54. The largest absolute Gasteiger partial charge is 0.471 e. The summed E-state index contributed by atoms with van der Waals surface area (Å²) in [5.41, 5.74) is 6.82. The lowest BCUT2D eigenvalue weighted by atomic mass is 10.1. The summed E-state index contributed by atoms with van der Waals surface area (Å²) in [4.78, 5) is 15.2. The normalized spacial score (nSPS) is 11.6. The van der Waals surface area contributed by atoms with Gasteiger partial charge >= 0.3 is 0 Å². The summed E-state index contributed by atoms with van der Waals surface area (Å²) in [6, 6.07) is 22.3. The molecule has 0 unspecified atom stereocenters. The Kier molecular flexibility index (Phi) is 4.97. The van der Waals surface area contributed by atoms with Gasteiger partial charge in [-0.15, -0.1) is 16.4 Å². The average molecular weight is 504 g/mol. The van der Waals surface area contributed by atoms with Gasteiger partial charge in [-0.05, 0) is 54.8 Å². The van der Waals surface area contributed by atoms with Crippen molar-refractivity contribution in [1.82, 2.24) is 34.3 Å². The second-order valence-corrected chi connectivity index (χ2v) is 9.89. The Bertz CT molecular complexity index is 1900. The van der Waals surface area contributed by atoms with Gasteiger partial charge in [-0.2, -0.15) is 5.10 Å². The van der Waals surface area contributed by atoms with Crippen LogP contribution < -0.4 is 4.74 Å². The van der Waals surface area contributed by atoms with E-state index in [0.29, 0.717) is 11.5 Å². The molecule has 0 radical (unpaired) electrons. The average Bonchev–Trinajstić information content (AvgIpc) is 3.64. The van der Waals surface area contributed by atoms with Crippen LogP contribution >= 0.6 is 11.3 Å². The van der Waals surface area contributed by atoms with E-state index in [1.54, 1.807) is 26.9 Å². The van der Waals surface area contributed by atoms with Crippen molar-refractivity contribution in [3.8, 4) is 28.4 Å². The molecular weight excluding hydrogens is 482 g/mol. The van der Waals surface area contributed by atoms with Gasteiger partial charge in [0, 0.05) is 17.3 Å². The minimum atomic E-state index is 0.282. The van der Waals surface area contributed by atoms with E-state index in [2.05, 4.69) is 52.4 Å². The maximum atomic E-state index is 5.94. The highest BCUT2D eigenvalue weighted by molar-refractivity contribution is 7.26. The van der Waals surface area contributed by atoms with E-state index in [4.69, 9.17) is 14.7 Å². The molecular formula is C28H21N7OS. The Labute approximate surface area is 215 Å². The molecule has 0 bridgehead atoms. The van der Waals surface area contributed by atoms with Crippen molar-refractivity contribution in [2.24, 2.45) is 0 Å². The van der Waals surface area contributed by atoms with Gasteiger partial charge in [0.25, 0.3) is 0 Å². The van der Waals surface area contributed by atoms with Gasteiger partial charge in [-0.25, -0.2) is 24.1 Å². The lowest BCUT2D eigenvalue weighted by Gasteiger charge is -2.07. The Morgan fingerprint density at radius 1 is 0.892 bits per heavy atom. The van der Waals surface area contributed by atoms with E-state index >= 15 is 0 Å². The Balaban J connectivity index is 1.14. The quantitative estimate of drug-likeness (QED) is 0.283. The van der Waals surface area contributed by atoms with Gasteiger partial charge in [0.15, 0.2) is 12.4 Å². The van der Waals surface area contributed by atoms with Crippen LogP contribution in [-0.4, -0.2) is 34.3 Å². The molecule has 0 amide bonds. The molecule has 0 atom stereocenters. The maximum Gasteiger partial charge on any atom is 0.202 e. The molecule has 7 aromatic rings. The van der Waals surface area contributed by atoms with Crippen molar-refractivity contribution in [3.05, 3.63) is 90.5 Å². The van der Waals surface area contributed by atoms with Crippen molar-refractivity contribution in [3.63, 3.8) is 0 Å². The Hall–Kier alpha value is -4.63. The molecule has 0 N–H and O–H groups in total. The van der Waals surface area contributed by atoms with Crippen LogP contribution in [-0.2, 0) is 6.73 Å². The van der Waals surface area contributed by atoms with Crippen LogP contribution in [0, 0.1) is 13.8 Å². The monoisotopic (exact) mass is 503 g/mol. The second-order valence-electron chi connectivity index (χ2n) is 8.89. The number of aryl methyl sites for hydroxylation is 2. The first kappa shape index (κ1) is 21.6. The van der Waals surface area contributed by atoms with Gasteiger partial charge in [-0.3, -0.25) is 0 Å². The van der Waals surface area contributed by atoms with E-state index in [-0.39, 0.29) is 6.73 Å². The molecule has 5 aromatic heterocycles. The van der Waals surface area contributed by atoms with Gasteiger partial charge in [0.05, 0.1) is 5.52 Å². The van der Waals surface area contributed by atoms with Crippen LogP contribution in [0.5, 0.6) is 5.75 Å². The zero-order valence-corrected chi connectivity index (χ0v) is 21.0. The van der Waals surface area contributed by atoms with Crippen molar-refractivity contribution in [1.29, 1.82) is 0 Å². The molecule has 8 nitrogen and oxygen atoms in total. The lowest BCUT2D eigenvalue weighted by Crippen LogP contribution is -2.05. The summed E-state index contributed by atoms with van der Waals surface area (Å²) >= 11 is 1.60. The molecule has 2 aromatic carbocycles. The number of aromatic nitrogens is 7. The maximum absolute atomic E-state index is 5.94. The van der Waals surface area contributed by atoms with E-state index in [0.717, 1.165) is 43.1 Å². The fraction of sp³-hybridized carbons (Fsp3) is 0.107. The van der Waals surface area contributed by atoms with Crippen LogP contribution in [0.1, 0.15) is 11.3 Å². The number of hydrogen-bond donors (Lipinski definition) is 0. The third kappa shape index (κ3) is 3.80.